The Morgan fingerprint density at radius 1 is 1.44 bits per heavy atom. The molecule has 1 N–H and O–H groups in total. The van der Waals surface area contributed by atoms with Gasteiger partial charge in [-0.05, 0) is 12.3 Å². The highest BCUT2D eigenvalue weighted by Gasteiger charge is 2.44. The first-order chi connectivity index (χ1) is 7.29. The van der Waals surface area contributed by atoms with Crippen LogP contribution in [0.25, 0.3) is 0 Å². The standard InChI is InChI=1S/C12H20N2O2/c1-6-7-14-9(12(3,4)5)10(15)13-8(2)11(14)16/h6,8-9H,1,7H2,2-5H3,(H,13,15). The molecule has 0 spiro atoms. The van der Waals surface area contributed by atoms with Crippen LogP contribution >= 0.6 is 0 Å². The average Bonchev–Trinajstić information content (AvgIpc) is 2.11. The minimum absolute atomic E-state index is 0.0422. The fraction of sp³-hybridized carbons (Fsp3) is 0.667. The van der Waals surface area contributed by atoms with Crippen molar-refractivity contribution in [2.24, 2.45) is 5.41 Å². The first-order valence-corrected chi connectivity index (χ1v) is 5.50. The van der Waals surface area contributed by atoms with Gasteiger partial charge in [0.05, 0.1) is 0 Å². The lowest BCUT2D eigenvalue weighted by Crippen LogP contribution is -2.65. The second-order valence-electron chi connectivity index (χ2n) is 5.28. The monoisotopic (exact) mass is 224 g/mol. The van der Waals surface area contributed by atoms with Crippen LogP contribution in [0.1, 0.15) is 27.7 Å². The van der Waals surface area contributed by atoms with Crippen molar-refractivity contribution in [1.29, 1.82) is 0 Å². The van der Waals surface area contributed by atoms with Crippen molar-refractivity contribution in [3.63, 3.8) is 0 Å². The van der Waals surface area contributed by atoms with Gasteiger partial charge in [-0.1, -0.05) is 26.8 Å². The minimum atomic E-state index is -0.439. The van der Waals surface area contributed by atoms with Crippen LogP contribution in [-0.4, -0.2) is 35.3 Å². The van der Waals surface area contributed by atoms with E-state index in [1.165, 1.54) is 0 Å². The van der Waals surface area contributed by atoms with Crippen molar-refractivity contribution in [2.45, 2.75) is 39.8 Å². The number of carbonyl (C=O) groups is 2. The Morgan fingerprint density at radius 3 is 2.44 bits per heavy atom. The molecule has 2 unspecified atom stereocenters. The van der Waals surface area contributed by atoms with E-state index in [-0.39, 0.29) is 17.2 Å². The molecule has 0 bridgehead atoms. The molecule has 1 fully saturated rings. The zero-order valence-electron chi connectivity index (χ0n) is 10.4. The summed E-state index contributed by atoms with van der Waals surface area (Å²) < 4.78 is 0. The van der Waals surface area contributed by atoms with E-state index in [0.717, 1.165) is 0 Å². The number of amides is 2. The molecule has 1 aliphatic rings. The molecule has 0 aliphatic carbocycles. The summed E-state index contributed by atoms with van der Waals surface area (Å²) in [4.78, 5) is 25.5. The predicted molar refractivity (Wildman–Crippen MR) is 62.8 cm³/mol. The lowest BCUT2D eigenvalue weighted by Gasteiger charge is -2.43. The van der Waals surface area contributed by atoms with E-state index in [4.69, 9.17) is 0 Å². The number of piperazine rings is 1. The molecule has 4 nitrogen and oxygen atoms in total. The average molecular weight is 224 g/mol. The largest absolute Gasteiger partial charge is 0.343 e. The van der Waals surface area contributed by atoms with Crippen molar-refractivity contribution in [3.8, 4) is 0 Å². The highest BCUT2D eigenvalue weighted by atomic mass is 16.2. The van der Waals surface area contributed by atoms with Crippen molar-refractivity contribution >= 4 is 11.8 Å². The van der Waals surface area contributed by atoms with Crippen LogP contribution in [0.5, 0.6) is 0 Å². The summed E-state index contributed by atoms with van der Waals surface area (Å²) >= 11 is 0. The van der Waals surface area contributed by atoms with Crippen LogP contribution in [0, 0.1) is 5.41 Å². The first-order valence-electron chi connectivity index (χ1n) is 5.50. The molecule has 0 radical (unpaired) electrons. The van der Waals surface area contributed by atoms with Gasteiger partial charge in [0.25, 0.3) is 0 Å². The molecular weight excluding hydrogens is 204 g/mol. The summed E-state index contributed by atoms with van der Waals surface area (Å²) in [5.74, 6) is -0.124. The molecule has 4 heteroatoms. The molecular formula is C12H20N2O2. The Balaban J connectivity index is 3.05. The van der Waals surface area contributed by atoms with Gasteiger partial charge in [0, 0.05) is 6.54 Å². The lowest BCUT2D eigenvalue weighted by atomic mass is 9.83. The number of hydrogen-bond acceptors (Lipinski definition) is 2. The van der Waals surface area contributed by atoms with Crippen LogP contribution in [0.3, 0.4) is 0 Å². The summed E-state index contributed by atoms with van der Waals surface area (Å²) in [6, 6.07) is -0.861. The molecule has 1 heterocycles. The van der Waals surface area contributed by atoms with Gasteiger partial charge in [-0.25, -0.2) is 0 Å². The van der Waals surface area contributed by atoms with Crippen LogP contribution in [0.2, 0.25) is 0 Å². The molecule has 2 amide bonds. The van der Waals surface area contributed by atoms with E-state index >= 15 is 0 Å². The summed E-state index contributed by atoms with van der Waals surface area (Å²) in [5.41, 5.74) is -0.275. The number of hydrogen-bond donors (Lipinski definition) is 1. The Kier molecular flexibility index (Phi) is 3.41. The summed E-state index contributed by atoms with van der Waals surface area (Å²) in [6.07, 6.45) is 1.65. The fourth-order valence-electron chi connectivity index (χ4n) is 2.07. The topological polar surface area (TPSA) is 49.4 Å². The molecule has 0 aromatic rings. The van der Waals surface area contributed by atoms with Crippen molar-refractivity contribution < 1.29 is 9.59 Å². The van der Waals surface area contributed by atoms with E-state index in [1.807, 2.05) is 20.8 Å². The summed E-state index contributed by atoms with van der Waals surface area (Å²) in [6.45, 7) is 11.6. The van der Waals surface area contributed by atoms with Gasteiger partial charge in [-0.3, -0.25) is 9.59 Å². The highest BCUT2D eigenvalue weighted by Crippen LogP contribution is 2.27. The van der Waals surface area contributed by atoms with Crippen LogP contribution in [0.4, 0.5) is 0 Å². The SMILES string of the molecule is C=CCN1C(=O)C(C)NC(=O)C1C(C)(C)C. The predicted octanol–water partition coefficient (Wildman–Crippen LogP) is 0.934. The maximum absolute atomic E-state index is 12.0. The Labute approximate surface area is 96.7 Å². The third-order valence-corrected chi connectivity index (χ3v) is 2.72. The van der Waals surface area contributed by atoms with Gasteiger partial charge in [0.15, 0.2) is 0 Å². The molecule has 2 atom stereocenters. The molecule has 0 aromatic heterocycles. The molecule has 16 heavy (non-hydrogen) atoms. The third kappa shape index (κ3) is 2.26. The van der Waals surface area contributed by atoms with Gasteiger partial charge in [0.2, 0.25) is 11.8 Å². The number of nitrogens with zero attached hydrogens (tertiary/aromatic N) is 1. The second kappa shape index (κ2) is 4.28. The number of nitrogens with one attached hydrogen (secondary N) is 1. The van der Waals surface area contributed by atoms with Gasteiger partial charge < -0.3 is 10.2 Å². The lowest BCUT2D eigenvalue weighted by molar-refractivity contribution is -0.152. The minimum Gasteiger partial charge on any atom is -0.343 e. The highest BCUT2D eigenvalue weighted by molar-refractivity contribution is 5.97. The Morgan fingerprint density at radius 2 is 2.00 bits per heavy atom. The van der Waals surface area contributed by atoms with Crippen LogP contribution < -0.4 is 5.32 Å². The molecule has 1 saturated heterocycles. The van der Waals surface area contributed by atoms with E-state index in [0.29, 0.717) is 6.54 Å². The maximum Gasteiger partial charge on any atom is 0.245 e. The van der Waals surface area contributed by atoms with E-state index in [1.54, 1.807) is 17.9 Å². The maximum atomic E-state index is 12.0. The normalized spacial score (nSPS) is 26.6. The van der Waals surface area contributed by atoms with Crippen molar-refractivity contribution in [2.75, 3.05) is 6.54 Å². The van der Waals surface area contributed by atoms with Gasteiger partial charge in [-0.2, -0.15) is 0 Å². The number of carbonyl (C=O) groups excluding carboxylic acids is 2. The van der Waals surface area contributed by atoms with Gasteiger partial charge in [0.1, 0.15) is 12.1 Å². The second-order valence-corrected chi connectivity index (χ2v) is 5.28. The quantitative estimate of drug-likeness (QED) is 0.709. The van der Waals surface area contributed by atoms with E-state index in [2.05, 4.69) is 11.9 Å². The molecule has 1 aliphatic heterocycles. The molecule has 0 aromatic carbocycles. The van der Waals surface area contributed by atoms with E-state index < -0.39 is 12.1 Å². The van der Waals surface area contributed by atoms with E-state index in [9.17, 15) is 9.59 Å². The molecule has 0 saturated carbocycles. The van der Waals surface area contributed by atoms with Gasteiger partial charge >= 0.3 is 0 Å². The summed E-state index contributed by atoms with van der Waals surface area (Å²) in [7, 11) is 0. The fourth-order valence-corrected chi connectivity index (χ4v) is 2.07. The third-order valence-electron chi connectivity index (χ3n) is 2.72. The van der Waals surface area contributed by atoms with Crippen LogP contribution in [-0.2, 0) is 9.59 Å². The summed E-state index contributed by atoms with van der Waals surface area (Å²) in [5, 5.41) is 2.71. The van der Waals surface area contributed by atoms with Gasteiger partial charge in [-0.15, -0.1) is 6.58 Å². The van der Waals surface area contributed by atoms with Crippen LogP contribution in [0.15, 0.2) is 12.7 Å². The smallest absolute Gasteiger partial charge is 0.245 e. The van der Waals surface area contributed by atoms with Crippen molar-refractivity contribution in [3.05, 3.63) is 12.7 Å². The number of rotatable bonds is 2. The molecule has 1 rings (SSSR count). The van der Waals surface area contributed by atoms with Crippen molar-refractivity contribution in [1.82, 2.24) is 10.2 Å². The first kappa shape index (κ1) is 12.7. The Bertz CT molecular complexity index is 317. The zero-order chi connectivity index (χ0) is 12.5. The molecule has 90 valence electrons. The zero-order valence-corrected chi connectivity index (χ0v) is 10.4. The Hall–Kier alpha value is -1.32.